The molecule has 0 aliphatic heterocycles. The molecular formula is C24H23NO4. The molecule has 0 heterocycles. The Labute approximate surface area is 169 Å². The van der Waals surface area contributed by atoms with Gasteiger partial charge < -0.3 is 15.9 Å². The molecule has 1 atom stereocenters. The lowest BCUT2D eigenvalue weighted by Crippen LogP contribution is -2.27. The number of phenolic OH excluding ortho intramolecular Hbond substituents is 2. The van der Waals surface area contributed by atoms with Crippen molar-refractivity contribution >= 4 is 11.6 Å². The molecule has 0 aromatic heterocycles. The smallest absolute Gasteiger partial charge is 0.233 e. The molecule has 29 heavy (non-hydrogen) atoms. The minimum Gasteiger partial charge on any atom is -0.504 e. The van der Waals surface area contributed by atoms with Crippen LogP contribution < -0.4 is 5.73 Å². The van der Waals surface area contributed by atoms with E-state index in [0.717, 1.165) is 30.4 Å². The highest BCUT2D eigenvalue weighted by Gasteiger charge is 2.18. The van der Waals surface area contributed by atoms with Gasteiger partial charge in [0.2, 0.25) is 11.6 Å². The Bertz CT molecular complexity index is 951. The summed E-state index contributed by atoms with van der Waals surface area (Å²) in [4.78, 5) is 23.6. The van der Waals surface area contributed by atoms with Crippen LogP contribution in [-0.4, -0.2) is 27.8 Å². The monoisotopic (exact) mass is 389 g/mol. The Balaban J connectivity index is 0.000000169. The van der Waals surface area contributed by atoms with E-state index < -0.39 is 11.6 Å². The van der Waals surface area contributed by atoms with Crippen molar-refractivity contribution in [1.29, 1.82) is 0 Å². The molecule has 0 spiro atoms. The molecule has 3 aromatic carbocycles. The fraction of sp³-hybridized carbons (Fsp3) is 0.167. The van der Waals surface area contributed by atoms with Crippen LogP contribution in [0.1, 0.15) is 38.3 Å². The molecule has 0 radical (unpaired) electrons. The molecule has 1 unspecified atom stereocenters. The van der Waals surface area contributed by atoms with Gasteiger partial charge in [-0.2, -0.15) is 0 Å². The van der Waals surface area contributed by atoms with Crippen LogP contribution in [0.2, 0.25) is 0 Å². The van der Waals surface area contributed by atoms with Crippen molar-refractivity contribution in [2.24, 2.45) is 5.73 Å². The van der Waals surface area contributed by atoms with Gasteiger partial charge in [-0.15, -0.1) is 0 Å². The molecule has 0 saturated heterocycles. The van der Waals surface area contributed by atoms with Gasteiger partial charge in [-0.3, -0.25) is 9.59 Å². The second-order valence-corrected chi connectivity index (χ2v) is 7.00. The summed E-state index contributed by atoms with van der Waals surface area (Å²) in [6.07, 6.45) is 2.64. The minimum absolute atomic E-state index is 0.0331. The summed E-state index contributed by atoms with van der Waals surface area (Å²) in [5.41, 5.74) is 8.82. The first kappa shape index (κ1) is 20.3. The summed E-state index contributed by atoms with van der Waals surface area (Å²) in [5.74, 6) is -1.01. The van der Waals surface area contributed by atoms with E-state index in [1.165, 1.54) is 0 Å². The third-order valence-electron chi connectivity index (χ3n) is 4.84. The second kappa shape index (κ2) is 9.17. The maximum atomic E-state index is 11.8. The van der Waals surface area contributed by atoms with E-state index in [1.807, 2.05) is 12.1 Å². The van der Waals surface area contributed by atoms with Gasteiger partial charge in [-0.1, -0.05) is 60.7 Å². The van der Waals surface area contributed by atoms with Crippen molar-refractivity contribution in [2.75, 3.05) is 0 Å². The SMILES string of the molecule is NC1CCc2cc(O)c(O)cc2C1.O=C(C(=O)c1ccccc1)c1ccccc1. The first-order valence-corrected chi connectivity index (χ1v) is 9.44. The van der Waals surface area contributed by atoms with Crippen LogP contribution in [0.15, 0.2) is 72.8 Å². The zero-order valence-corrected chi connectivity index (χ0v) is 15.9. The molecule has 3 aromatic rings. The van der Waals surface area contributed by atoms with Gasteiger partial charge in [0.1, 0.15) is 0 Å². The number of fused-ring (bicyclic) bond motifs is 1. The summed E-state index contributed by atoms with van der Waals surface area (Å²) in [6, 6.07) is 20.6. The number of Topliss-reactive ketones (excluding diaryl/α,β-unsaturated/α-hetero) is 2. The molecular weight excluding hydrogens is 366 g/mol. The third-order valence-corrected chi connectivity index (χ3v) is 4.84. The standard InChI is InChI=1S/C14H10O2.C10H13NO2/c15-13(11-7-3-1-4-8-11)14(16)12-9-5-2-6-10-12;11-8-2-1-6-4-9(12)10(13)5-7(6)3-8/h1-10H;4-5,8,12-13H,1-3,11H2. The number of aryl methyl sites for hydroxylation is 1. The Morgan fingerprint density at radius 1 is 0.759 bits per heavy atom. The van der Waals surface area contributed by atoms with E-state index in [1.54, 1.807) is 60.7 Å². The summed E-state index contributed by atoms with van der Waals surface area (Å²) >= 11 is 0. The van der Waals surface area contributed by atoms with Gasteiger partial charge in [0.25, 0.3) is 0 Å². The van der Waals surface area contributed by atoms with E-state index in [9.17, 15) is 19.8 Å². The van der Waals surface area contributed by atoms with Gasteiger partial charge in [-0.25, -0.2) is 0 Å². The van der Waals surface area contributed by atoms with E-state index in [2.05, 4.69) is 0 Å². The summed E-state index contributed by atoms with van der Waals surface area (Å²) in [7, 11) is 0. The Kier molecular flexibility index (Phi) is 6.42. The zero-order valence-electron chi connectivity index (χ0n) is 15.9. The number of hydrogen-bond acceptors (Lipinski definition) is 5. The van der Waals surface area contributed by atoms with Crippen LogP contribution in [-0.2, 0) is 12.8 Å². The molecule has 5 heteroatoms. The van der Waals surface area contributed by atoms with Crippen molar-refractivity contribution < 1.29 is 19.8 Å². The van der Waals surface area contributed by atoms with Gasteiger partial charge in [-0.05, 0) is 42.5 Å². The van der Waals surface area contributed by atoms with Crippen molar-refractivity contribution in [3.05, 3.63) is 95.1 Å². The lowest BCUT2D eigenvalue weighted by atomic mass is 9.88. The predicted octanol–water partition coefficient (Wildman–Crippen LogP) is 3.67. The van der Waals surface area contributed by atoms with Crippen molar-refractivity contribution in [3.8, 4) is 11.5 Å². The molecule has 4 N–H and O–H groups in total. The van der Waals surface area contributed by atoms with E-state index >= 15 is 0 Å². The third kappa shape index (κ3) is 5.09. The van der Waals surface area contributed by atoms with Crippen LogP contribution in [0.4, 0.5) is 0 Å². The summed E-state index contributed by atoms with van der Waals surface area (Å²) in [5, 5.41) is 18.5. The molecule has 0 amide bonds. The lowest BCUT2D eigenvalue weighted by Gasteiger charge is -2.21. The quantitative estimate of drug-likeness (QED) is 0.360. The van der Waals surface area contributed by atoms with Crippen LogP contribution in [0, 0.1) is 0 Å². The number of carbonyl (C=O) groups is 2. The first-order chi connectivity index (χ1) is 14.0. The molecule has 0 bridgehead atoms. The Morgan fingerprint density at radius 2 is 1.21 bits per heavy atom. The van der Waals surface area contributed by atoms with Crippen LogP contribution >= 0.6 is 0 Å². The lowest BCUT2D eigenvalue weighted by molar-refractivity contribution is 0.0817. The van der Waals surface area contributed by atoms with Gasteiger partial charge >= 0.3 is 0 Å². The molecule has 148 valence electrons. The van der Waals surface area contributed by atoms with Crippen molar-refractivity contribution in [2.45, 2.75) is 25.3 Å². The molecule has 0 fully saturated rings. The van der Waals surface area contributed by atoms with Gasteiger partial charge in [0, 0.05) is 17.2 Å². The first-order valence-electron chi connectivity index (χ1n) is 9.44. The minimum atomic E-state index is -0.466. The largest absolute Gasteiger partial charge is 0.504 e. The molecule has 1 aliphatic carbocycles. The number of benzene rings is 3. The zero-order chi connectivity index (χ0) is 20.8. The predicted molar refractivity (Wildman–Crippen MR) is 111 cm³/mol. The average molecular weight is 389 g/mol. The van der Waals surface area contributed by atoms with E-state index in [4.69, 9.17) is 5.73 Å². The number of aromatic hydroxyl groups is 2. The average Bonchev–Trinajstić information content (AvgIpc) is 2.75. The summed E-state index contributed by atoms with van der Waals surface area (Å²) in [6.45, 7) is 0. The highest BCUT2D eigenvalue weighted by molar-refractivity contribution is 6.49. The number of hydrogen-bond donors (Lipinski definition) is 3. The molecule has 0 saturated carbocycles. The molecule has 4 rings (SSSR count). The highest BCUT2D eigenvalue weighted by atomic mass is 16.3. The van der Waals surface area contributed by atoms with Gasteiger partial charge in [0.15, 0.2) is 11.5 Å². The van der Waals surface area contributed by atoms with Crippen molar-refractivity contribution in [3.63, 3.8) is 0 Å². The van der Waals surface area contributed by atoms with Gasteiger partial charge in [0.05, 0.1) is 0 Å². The number of phenols is 2. The normalized spacial score (nSPS) is 14.9. The highest BCUT2D eigenvalue weighted by Crippen LogP contribution is 2.32. The maximum absolute atomic E-state index is 11.8. The number of carbonyl (C=O) groups excluding carboxylic acids is 2. The Morgan fingerprint density at radius 3 is 1.69 bits per heavy atom. The second-order valence-electron chi connectivity index (χ2n) is 7.00. The number of rotatable bonds is 3. The topological polar surface area (TPSA) is 101 Å². The summed E-state index contributed by atoms with van der Waals surface area (Å²) < 4.78 is 0. The number of nitrogens with two attached hydrogens (primary N) is 1. The fourth-order valence-electron chi connectivity index (χ4n) is 3.25. The molecule has 5 nitrogen and oxygen atoms in total. The fourth-order valence-corrected chi connectivity index (χ4v) is 3.25. The molecule has 1 aliphatic rings. The van der Waals surface area contributed by atoms with Crippen LogP contribution in [0.5, 0.6) is 11.5 Å². The Hall–Kier alpha value is -3.44. The van der Waals surface area contributed by atoms with E-state index in [-0.39, 0.29) is 17.5 Å². The van der Waals surface area contributed by atoms with E-state index in [0.29, 0.717) is 11.1 Å². The van der Waals surface area contributed by atoms with Crippen LogP contribution in [0.3, 0.4) is 0 Å². The number of ketones is 2. The maximum Gasteiger partial charge on any atom is 0.233 e. The van der Waals surface area contributed by atoms with Crippen LogP contribution in [0.25, 0.3) is 0 Å². The van der Waals surface area contributed by atoms with Crippen molar-refractivity contribution in [1.82, 2.24) is 0 Å².